The van der Waals surface area contributed by atoms with Crippen molar-refractivity contribution in [1.29, 1.82) is 0 Å². The molecule has 138 valence electrons. The largest absolute Gasteiger partial charge is 0.397 e. The third-order valence-corrected chi connectivity index (χ3v) is 4.89. The van der Waals surface area contributed by atoms with Crippen LogP contribution in [0.25, 0.3) is 0 Å². The van der Waals surface area contributed by atoms with Gasteiger partial charge in [-0.05, 0) is 43.3 Å². The number of likely N-dealkylation sites (N-methyl/N-ethyl adjacent to an activating group) is 1. The first kappa shape index (κ1) is 18.2. The van der Waals surface area contributed by atoms with Gasteiger partial charge < -0.3 is 20.9 Å². The number of nitrogens with zero attached hydrogens (tertiary/aromatic N) is 2. The van der Waals surface area contributed by atoms with Gasteiger partial charge in [-0.3, -0.25) is 4.79 Å². The molecule has 2 aromatic rings. The third kappa shape index (κ3) is 3.80. The number of amides is 1. The number of carbonyl (C=O) groups excluding carboxylic acids is 1. The Labute approximate surface area is 153 Å². The first-order chi connectivity index (χ1) is 12.5. The summed E-state index contributed by atoms with van der Waals surface area (Å²) >= 11 is 0. The van der Waals surface area contributed by atoms with Crippen LogP contribution in [0.3, 0.4) is 0 Å². The Balaban J connectivity index is 1.82. The molecule has 0 atom stereocenters. The fraction of sp³-hybridized carbons (Fsp3) is 0.350. The summed E-state index contributed by atoms with van der Waals surface area (Å²) in [6.45, 7) is 9.12. The molecule has 5 nitrogen and oxygen atoms in total. The zero-order valence-electron chi connectivity index (χ0n) is 15.3. The van der Waals surface area contributed by atoms with Gasteiger partial charge >= 0.3 is 0 Å². The molecule has 0 spiro atoms. The average Bonchev–Trinajstić information content (AvgIpc) is 2.64. The first-order valence-corrected chi connectivity index (χ1v) is 8.93. The van der Waals surface area contributed by atoms with Gasteiger partial charge in [0.1, 0.15) is 5.82 Å². The van der Waals surface area contributed by atoms with E-state index in [0.717, 1.165) is 44.0 Å². The van der Waals surface area contributed by atoms with Gasteiger partial charge in [-0.15, -0.1) is 0 Å². The Bertz CT molecular complexity index is 800. The number of nitrogen functional groups attached to an aromatic ring is 1. The van der Waals surface area contributed by atoms with Crippen molar-refractivity contribution >= 4 is 23.0 Å². The van der Waals surface area contributed by atoms with Gasteiger partial charge in [0.05, 0.1) is 16.9 Å². The standard InChI is InChI=1S/C20H25FN4O/c1-3-24-8-10-25(11-9-24)19-13-18(17(22)12-14(19)2)23-20(26)15-6-4-5-7-16(15)21/h4-7,12-13H,3,8-11,22H2,1-2H3,(H,23,26). The Hall–Kier alpha value is -2.60. The number of rotatable bonds is 4. The van der Waals surface area contributed by atoms with Crippen molar-refractivity contribution in [2.24, 2.45) is 0 Å². The number of nitrogens with two attached hydrogens (primary N) is 1. The van der Waals surface area contributed by atoms with Crippen LogP contribution in [0.15, 0.2) is 36.4 Å². The van der Waals surface area contributed by atoms with Crippen LogP contribution in [0.5, 0.6) is 0 Å². The molecule has 0 aliphatic carbocycles. The highest BCUT2D eigenvalue weighted by Gasteiger charge is 2.19. The molecule has 1 amide bonds. The molecule has 0 radical (unpaired) electrons. The zero-order valence-corrected chi connectivity index (χ0v) is 15.3. The highest BCUT2D eigenvalue weighted by atomic mass is 19.1. The number of anilines is 3. The van der Waals surface area contributed by atoms with E-state index in [1.165, 1.54) is 12.1 Å². The third-order valence-electron chi connectivity index (χ3n) is 4.89. The van der Waals surface area contributed by atoms with Crippen LogP contribution < -0.4 is 16.0 Å². The normalized spacial score (nSPS) is 15.1. The first-order valence-electron chi connectivity index (χ1n) is 8.93. The fourth-order valence-corrected chi connectivity index (χ4v) is 3.31. The molecule has 3 N–H and O–H groups in total. The number of hydrogen-bond donors (Lipinski definition) is 2. The van der Waals surface area contributed by atoms with Crippen molar-refractivity contribution in [2.45, 2.75) is 13.8 Å². The molecule has 2 aromatic carbocycles. The quantitative estimate of drug-likeness (QED) is 0.827. The molecule has 1 saturated heterocycles. The Kier molecular flexibility index (Phi) is 5.42. The van der Waals surface area contributed by atoms with Crippen LogP contribution in [0.1, 0.15) is 22.8 Å². The SMILES string of the molecule is CCN1CCN(c2cc(NC(=O)c3ccccc3F)c(N)cc2C)CC1. The Morgan fingerprint density at radius 2 is 1.88 bits per heavy atom. The maximum absolute atomic E-state index is 13.8. The molecular formula is C20H25FN4O. The number of halogens is 1. The van der Waals surface area contributed by atoms with E-state index in [4.69, 9.17) is 5.73 Å². The molecule has 1 fully saturated rings. The molecule has 0 bridgehead atoms. The van der Waals surface area contributed by atoms with Gasteiger partial charge in [0, 0.05) is 31.9 Å². The van der Waals surface area contributed by atoms with E-state index >= 15 is 0 Å². The lowest BCUT2D eigenvalue weighted by Gasteiger charge is -2.36. The summed E-state index contributed by atoms with van der Waals surface area (Å²) in [4.78, 5) is 17.1. The van der Waals surface area contributed by atoms with Gasteiger partial charge in [-0.25, -0.2) is 4.39 Å². The molecule has 3 rings (SSSR count). The predicted octanol–water partition coefficient (Wildman–Crippen LogP) is 3.11. The van der Waals surface area contributed by atoms with Crippen LogP contribution >= 0.6 is 0 Å². The molecule has 0 aromatic heterocycles. The van der Waals surface area contributed by atoms with Crippen molar-refractivity contribution in [2.75, 3.05) is 48.7 Å². The van der Waals surface area contributed by atoms with Crippen molar-refractivity contribution in [3.8, 4) is 0 Å². The number of carbonyl (C=O) groups is 1. The topological polar surface area (TPSA) is 61.6 Å². The van der Waals surface area contributed by atoms with Crippen molar-refractivity contribution < 1.29 is 9.18 Å². The summed E-state index contributed by atoms with van der Waals surface area (Å²) < 4.78 is 13.8. The lowest BCUT2D eigenvalue weighted by Crippen LogP contribution is -2.46. The van der Waals surface area contributed by atoms with E-state index < -0.39 is 11.7 Å². The summed E-state index contributed by atoms with van der Waals surface area (Å²) in [6.07, 6.45) is 0. The van der Waals surface area contributed by atoms with E-state index in [0.29, 0.717) is 11.4 Å². The Morgan fingerprint density at radius 3 is 2.54 bits per heavy atom. The number of nitrogens with one attached hydrogen (secondary N) is 1. The van der Waals surface area contributed by atoms with Gasteiger partial charge in [0.2, 0.25) is 0 Å². The zero-order chi connectivity index (χ0) is 18.7. The molecule has 0 unspecified atom stereocenters. The summed E-state index contributed by atoms with van der Waals surface area (Å²) in [5, 5.41) is 2.75. The summed E-state index contributed by atoms with van der Waals surface area (Å²) in [7, 11) is 0. The number of aryl methyl sites for hydroxylation is 1. The van der Waals surface area contributed by atoms with Gasteiger partial charge in [0.25, 0.3) is 5.91 Å². The van der Waals surface area contributed by atoms with Gasteiger partial charge in [-0.2, -0.15) is 0 Å². The van der Waals surface area contributed by atoms with E-state index in [1.54, 1.807) is 12.1 Å². The van der Waals surface area contributed by atoms with Crippen molar-refractivity contribution in [3.63, 3.8) is 0 Å². The van der Waals surface area contributed by atoms with Crippen molar-refractivity contribution in [3.05, 3.63) is 53.3 Å². The molecule has 26 heavy (non-hydrogen) atoms. The lowest BCUT2D eigenvalue weighted by molar-refractivity contribution is 0.102. The molecule has 0 saturated carbocycles. The van der Waals surface area contributed by atoms with E-state index in [1.807, 2.05) is 19.1 Å². The van der Waals surface area contributed by atoms with Crippen LogP contribution in [-0.4, -0.2) is 43.5 Å². The number of hydrogen-bond acceptors (Lipinski definition) is 4. The summed E-state index contributed by atoms with van der Waals surface area (Å²) in [5.41, 5.74) is 9.20. The molecule has 6 heteroatoms. The number of piperazine rings is 1. The Morgan fingerprint density at radius 1 is 1.19 bits per heavy atom. The van der Waals surface area contributed by atoms with E-state index in [2.05, 4.69) is 22.0 Å². The molecular weight excluding hydrogens is 331 g/mol. The minimum absolute atomic E-state index is 0.00517. The van der Waals surface area contributed by atoms with Crippen LogP contribution in [0.2, 0.25) is 0 Å². The van der Waals surface area contributed by atoms with E-state index in [-0.39, 0.29) is 5.56 Å². The molecule has 1 aliphatic rings. The minimum atomic E-state index is -0.549. The summed E-state index contributed by atoms with van der Waals surface area (Å²) in [5.74, 6) is -1.05. The van der Waals surface area contributed by atoms with E-state index in [9.17, 15) is 9.18 Å². The fourth-order valence-electron chi connectivity index (χ4n) is 3.31. The predicted molar refractivity (Wildman–Crippen MR) is 104 cm³/mol. The summed E-state index contributed by atoms with van der Waals surface area (Å²) in [6, 6.07) is 9.67. The second-order valence-corrected chi connectivity index (χ2v) is 6.58. The lowest BCUT2D eigenvalue weighted by atomic mass is 10.1. The minimum Gasteiger partial charge on any atom is -0.397 e. The van der Waals surface area contributed by atoms with Gasteiger partial charge in [-0.1, -0.05) is 19.1 Å². The maximum Gasteiger partial charge on any atom is 0.258 e. The monoisotopic (exact) mass is 356 g/mol. The van der Waals surface area contributed by atoms with Crippen LogP contribution in [0.4, 0.5) is 21.5 Å². The maximum atomic E-state index is 13.8. The van der Waals surface area contributed by atoms with Crippen molar-refractivity contribution in [1.82, 2.24) is 4.90 Å². The second-order valence-electron chi connectivity index (χ2n) is 6.58. The van der Waals surface area contributed by atoms with Crippen LogP contribution in [0, 0.1) is 12.7 Å². The average molecular weight is 356 g/mol. The van der Waals surface area contributed by atoms with Gasteiger partial charge in [0.15, 0.2) is 0 Å². The highest BCUT2D eigenvalue weighted by Crippen LogP contribution is 2.31. The molecule has 1 heterocycles. The number of benzene rings is 2. The smallest absolute Gasteiger partial charge is 0.258 e. The molecule has 1 aliphatic heterocycles. The second kappa shape index (κ2) is 7.74. The van der Waals surface area contributed by atoms with Crippen LogP contribution in [-0.2, 0) is 0 Å². The highest BCUT2D eigenvalue weighted by molar-refractivity contribution is 6.06.